The van der Waals surface area contributed by atoms with Crippen molar-refractivity contribution in [1.82, 2.24) is 25.9 Å². The van der Waals surface area contributed by atoms with Gasteiger partial charge >= 0.3 is 18.4 Å². The molecule has 2 aromatic rings. The molecular weight excluding hydrogens is 475 g/mol. The summed E-state index contributed by atoms with van der Waals surface area (Å²) in [5.41, 5.74) is -4.16. The zero-order chi connectivity index (χ0) is 23.8. The molecule has 0 aliphatic carbocycles. The number of carbonyl (C=O) groups excluding carboxylic acids is 2. The molecule has 3 amide bonds. The van der Waals surface area contributed by atoms with Crippen LogP contribution >= 0.6 is 11.6 Å². The number of halogens is 8. The fourth-order valence-electron chi connectivity index (χ4n) is 2.82. The Morgan fingerprint density at radius 3 is 2.34 bits per heavy atom. The van der Waals surface area contributed by atoms with Crippen molar-refractivity contribution < 1.29 is 40.3 Å². The van der Waals surface area contributed by atoms with E-state index in [0.717, 1.165) is 12.1 Å². The Morgan fingerprint density at radius 2 is 1.81 bits per heavy atom. The van der Waals surface area contributed by atoms with E-state index in [9.17, 15) is 40.3 Å². The molecule has 3 rings (SSSR count). The Labute approximate surface area is 179 Å². The van der Waals surface area contributed by atoms with Gasteiger partial charge in [-0.15, -0.1) is 0 Å². The minimum absolute atomic E-state index is 0.159. The van der Waals surface area contributed by atoms with E-state index in [4.69, 9.17) is 11.6 Å². The van der Waals surface area contributed by atoms with E-state index in [0.29, 0.717) is 12.3 Å². The Hall–Kier alpha value is -3.16. The van der Waals surface area contributed by atoms with E-state index in [2.05, 4.69) is 25.9 Å². The number of amides is 3. The summed E-state index contributed by atoms with van der Waals surface area (Å²) in [4.78, 5) is 30.1. The minimum Gasteiger partial charge on any atom is -0.342 e. The first-order valence-electron chi connectivity index (χ1n) is 8.58. The molecule has 32 heavy (non-hydrogen) atoms. The standard InChI is InChI=1S/C17H11ClF7N5O2/c18-7-3-6(4-26-12(7)16(20,21)22)11(30-14(31)10-5-27-15(32)29-10)9-2-1-8(19)13(28-9)17(23,24)25/h1-4,10-11H,5H2,(H,30,31)(H2,27,29,32)/t10-,11+/m0/s1. The largest absolute Gasteiger partial charge is 0.436 e. The zero-order valence-electron chi connectivity index (χ0n) is 15.4. The van der Waals surface area contributed by atoms with Gasteiger partial charge in [0.1, 0.15) is 6.04 Å². The summed E-state index contributed by atoms with van der Waals surface area (Å²) in [5.74, 6) is -2.59. The number of aromatic nitrogens is 2. The predicted octanol–water partition coefficient (Wildman–Crippen LogP) is 3.19. The fourth-order valence-corrected chi connectivity index (χ4v) is 3.10. The summed E-state index contributed by atoms with van der Waals surface area (Å²) in [7, 11) is 0. The zero-order valence-corrected chi connectivity index (χ0v) is 16.2. The van der Waals surface area contributed by atoms with Gasteiger partial charge in [0.2, 0.25) is 5.91 Å². The molecule has 1 saturated heterocycles. The van der Waals surface area contributed by atoms with E-state index >= 15 is 0 Å². The molecule has 0 saturated carbocycles. The molecule has 3 N–H and O–H groups in total. The summed E-state index contributed by atoms with van der Waals surface area (Å²) in [6.45, 7) is -0.159. The molecule has 0 unspecified atom stereocenters. The Bertz CT molecular complexity index is 1060. The average molecular weight is 486 g/mol. The molecule has 1 fully saturated rings. The second-order valence-corrected chi connectivity index (χ2v) is 6.92. The minimum atomic E-state index is -5.19. The van der Waals surface area contributed by atoms with Crippen LogP contribution in [0.5, 0.6) is 0 Å². The molecule has 0 radical (unpaired) electrons. The predicted molar refractivity (Wildman–Crippen MR) is 93.8 cm³/mol. The summed E-state index contributed by atoms with van der Waals surface area (Å²) >= 11 is 5.63. The number of nitrogens with zero attached hydrogens (tertiary/aromatic N) is 2. The molecule has 0 aromatic carbocycles. The van der Waals surface area contributed by atoms with Crippen molar-refractivity contribution >= 4 is 23.5 Å². The van der Waals surface area contributed by atoms with E-state index in [1.807, 2.05) is 0 Å². The lowest BCUT2D eigenvalue weighted by atomic mass is 10.0. The first-order chi connectivity index (χ1) is 14.8. The number of rotatable bonds is 4. The number of alkyl halides is 6. The van der Waals surface area contributed by atoms with Gasteiger partial charge < -0.3 is 16.0 Å². The number of nitrogens with one attached hydrogen (secondary N) is 3. The number of carbonyl (C=O) groups is 2. The highest BCUT2D eigenvalue weighted by Crippen LogP contribution is 2.36. The van der Waals surface area contributed by atoms with Crippen molar-refractivity contribution in [2.45, 2.75) is 24.4 Å². The van der Waals surface area contributed by atoms with Crippen molar-refractivity contribution in [3.05, 3.63) is 57.9 Å². The van der Waals surface area contributed by atoms with Crippen LogP contribution in [0.25, 0.3) is 0 Å². The van der Waals surface area contributed by atoms with Crippen molar-refractivity contribution in [2.24, 2.45) is 0 Å². The van der Waals surface area contributed by atoms with Crippen LogP contribution in [0.2, 0.25) is 5.02 Å². The van der Waals surface area contributed by atoms with Crippen LogP contribution < -0.4 is 16.0 Å². The maximum Gasteiger partial charge on any atom is 0.436 e. The lowest BCUT2D eigenvalue weighted by molar-refractivity contribution is -0.144. The van der Waals surface area contributed by atoms with Crippen LogP contribution in [-0.2, 0) is 17.1 Å². The Morgan fingerprint density at radius 1 is 1.16 bits per heavy atom. The molecule has 15 heteroatoms. The van der Waals surface area contributed by atoms with Crippen LogP contribution in [0.3, 0.4) is 0 Å². The fraction of sp³-hybridized carbons (Fsp3) is 0.294. The third-order valence-electron chi connectivity index (χ3n) is 4.27. The summed E-state index contributed by atoms with van der Waals surface area (Å²) < 4.78 is 91.7. The molecule has 1 aliphatic rings. The third-order valence-corrected chi connectivity index (χ3v) is 4.56. The summed E-state index contributed by atoms with van der Waals surface area (Å²) in [6.07, 6.45) is -9.46. The second-order valence-electron chi connectivity index (χ2n) is 6.51. The SMILES string of the molecule is O=C1NC[C@@H](C(=O)N[C@H](c2cnc(C(F)(F)F)c(Cl)c2)c2ccc(F)c(C(F)(F)F)n2)N1. The molecule has 0 spiro atoms. The molecule has 7 nitrogen and oxygen atoms in total. The van der Waals surface area contributed by atoms with Crippen molar-refractivity contribution in [1.29, 1.82) is 0 Å². The topological polar surface area (TPSA) is 96.0 Å². The normalized spacial score (nSPS) is 17.5. The molecular formula is C17H11ClF7N5O2. The van der Waals surface area contributed by atoms with Gasteiger partial charge in [-0.1, -0.05) is 11.6 Å². The summed E-state index contributed by atoms with van der Waals surface area (Å²) in [5, 5.41) is 5.91. The van der Waals surface area contributed by atoms with Crippen LogP contribution in [-0.4, -0.2) is 34.5 Å². The quantitative estimate of drug-likeness (QED) is 0.580. The number of hydrogen-bond acceptors (Lipinski definition) is 4. The van der Waals surface area contributed by atoms with E-state index < -0.39 is 64.3 Å². The van der Waals surface area contributed by atoms with Gasteiger partial charge in [-0.25, -0.2) is 19.2 Å². The highest BCUT2D eigenvalue weighted by molar-refractivity contribution is 6.31. The lowest BCUT2D eigenvalue weighted by Crippen LogP contribution is -2.44. The third kappa shape index (κ3) is 5.00. The number of pyridine rings is 2. The average Bonchev–Trinajstić information content (AvgIpc) is 3.11. The van der Waals surface area contributed by atoms with Crippen LogP contribution in [0.4, 0.5) is 35.5 Å². The first kappa shape index (κ1) is 23.5. The smallest absolute Gasteiger partial charge is 0.342 e. The molecule has 2 atom stereocenters. The molecule has 2 aromatic heterocycles. The van der Waals surface area contributed by atoms with Crippen molar-refractivity contribution in [3.63, 3.8) is 0 Å². The molecule has 1 aliphatic heterocycles. The van der Waals surface area contributed by atoms with Gasteiger partial charge in [0, 0.05) is 18.3 Å². The molecule has 3 heterocycles. The van der Waals surface area contributed by atoms with Gasteiger partial charge in [0.05, 0.1) is 16.8 Å². The first-order valence-corrected chi connectivity index (χ1v) is 8.96. The Kier molecular flexibility index (Phi) is 6.18. The van der Waals surface area contributed by atoms with E-state index in [-0.39, 0.29) is 12.1 Å². The van der Waals surface area contributed by atoms with Gasteiger partial charge in [-0.3, -0.25) is 4.79 Å². The van der Waals surface area contributed by atoms with E-state index in [1.54, 1.807) is 0 Å². The Balaban J connectivity index is 2.05. The van der Waals surface area contributed by atoms with Crippen molar-refractivity contribution in [2.75, 3.05) is 6.54 Å². The second kappa shape index (κ2) is 8.41. The number of urea groups is 1. The lowest BCUT2D eigenvalue weighted by Gasteiger charge is -2.22. The maximum absolute atomic E-state index is 13.6. The van der Waals surface area contributed by atoms with Crippen LogP contribution in [0.1, 0.15) is 28.7 Å². The summed E-state index contributed by atoms with van der Waals surface area (Å²) in [6, 6.07) is -1.42. The van der Waals surface area contributed by atoms with Gasteiger partial charge in [0.25, 0.3) is 0 Å². The van der Waals surface area contributed by atoms with Gasteiger partial charge in [-0.05, 0) is 18.2 Å². The van der Waals surface area contributed by atoms with Gasteiger partial charge in [0.15, 0.2) is 17.2 Å². The van der Waals surface area contributed by atoms with E-state index in [1.165, 1.54) is 0 Å². The maximum atomic E-state index is 13.6. The van der Waals surface area contributed by atoms with Crippen LogP contribution in [0, 0.1) is 5.82 Å². The van der Waals surface area contributed by atoms with Crippen molar-refractivity contribution in [3.8, 4) is 0 Å². The number of hydrogen-bond donors (Lipinski definition) is 3. The molecule has 172 valence electrons. The molecule has 0 bridgehead atoms. The monoisotopic (exact) mass is 485 g/mol. The highest BCUT2D eigenvalue weighted by atomic mass is 35.5. The highest BCUT2D eigenvalue weighted by Gasteiger charge is 2.39. The van der Waals surface area contributed by atoms with Crippen LogP contribution in [0.15, 0.2) is 24.4 Å². The van der Waals surface area contributed by atoms with Gasteiger partial charge in [-0.2, -0.15) is 26.3 Å².